The number of pyridine rings is 1. The highest BCUT2D eigenvalue weighted by atomic mass is 79.9. The summed E-state index contributed by atoms with van der Waals surface area (Å²) in [6, 6.07) is 12.1. The van der Waals surface area contributed by atoms with Crippen molar-refractivity contribution in [2.45, 2.75) is 0 Å². The van der Waals surface area contributed by atoms with Crippen molar-refractivity contribution in [3.63, 3.8) is 0 Å². The lowest BCUT2D eigenvalue weighted by atomic mass is 10.1. The molecule has 0 aliphatic carbocycles. The topological polar surface area (TPSA) is 12.9 Å². The maximum Gasteiger partial charge on any atom is 0.0346 e. The first kappa shape index (κ1) is 8.45. The van der Waals surface area contributed by atoms with Crippen LogP contribution in [0.1, 0.15) is 0 Å². The molecule has 0 saturated heterocycles. The fourth-order valence-corrected chi connectivity index (χ4v) is 1.73. The van der Waals surface area contributed by atoms with Gasteiger partial charge in [0.1, 0.15) is 0 Å². The number of halogens is 1. The van der Waals surface area contributed by atoms with E-state index in [1.165, 1.54) is 5.56 Å². The quantitative estimate of drug-likeness (QED) is 0.735. The molecule has 0 spiro atoms. The van der Waals surface area contributed by atoms with E-state index in [0.29, 0.717) is 0 Å². The van der Waals surface area contributed by atoms with Gasteiger partial charge in [-0.05, 0) is 17.7 Å². The Labute approximate surface area is 85.6 Å². The standard InChI is InChI=1S/C11H8BrN/c12-11-6-2-1-5-10(11)9-4-3-7-13-8-9/h1-8H. The van der Waals surface area contributed by atoms with Crippen LogP contribution < -0.4 is 0 Å². The van der Waals surface area contributed by atoms with E-state index in [9.17, 15) is 0 Å². The fourth-order valence-electron chi connectivity index (χ4n) is 1.22. The van der Waals surface area contributed by atoms with Crippen LogP contribution in [-0.2, 0) is 0 Å². The summed E-state index contributed by atoms with van der Waals surface area (Å²) < 4.78 is 1.10. The van der Waals surface area contributed by atoms with Crippen LogP contribution in [0.15, 0.2) is 53.3 Å². The molecule has 0 amide bonds. The molecule has 1 aromatic carbocycles. The van der Waals surface area contributed by atoms with E-state index in [2.05, 4.69) is 27.0 Å². The van der Waals surface area contributed by atoms with E-state index in [4.69, 9.17) is 0 Å². The maximum absolute atomic E-state index is 4.08. The summed E-state index contributed by atoms with van der Waals surface area (Å²) in [7, 11) is 0. The van der Waals surface area contributed by atoms with E-state index in [-0.39, 0.29) is 0 Å². The molecule has 0 aliphatic heterocycles. The van der Waals surface area contributed by atoms with Crippen LogP contribution in [0.4, 0.5) is 0 Å². The van der Waals surface area contributed by atoms with Gasteiger partial charge in [-0.15, -0.1) is 0 Å². The molecule has 0 atom stereocenters. The third-order valence-corrected chi connectivity index (χ3v) is 2.54. The fraction of sp³-hybridized carbons (Fsp3) is 0. The molecule has 0 bridgehead atoms. The number of nitrogens with zero attached hydrogens (tertiary/aromatic N) is 1. The number of hydrogen-bond acceptors (Lipinski definition) is 1. The van der Waals surface area contributed by atoms with E-state index >= 15 is 0 Å². The number of aromatic nitrogens is 1. The number of hydrogen-bond donors (Lipinski definition) is 0. The zero-order valence-electron chi connectivity index (χ0n) is 6.94. The molecule has 1 heterocycles. The van der Waals surface area contributed by atoms with E-state index in [0.717, 1.165) is 10.0 Å². The highest BCUT2D eigenvalue weighted by Crippen LogP contribution is 2.26. The summed E-state index contributed by atoms with van der Waals surface area (Å²) >= 11 is 3.51. The van der Waals surface area contributed by atoms with Gasteiger partial charge in [-0.3, -0.25) is 4.98 Å². The van der Waals surface area contributed by atoms with Crippen molar-refractivity contribution in [2.24, 2.45) is 0 Å². The molecule has 0 radical (unpaired) electrons. The highest BCUT2D eigenvalue weighted by Gasteiger charge is 1.99. The third kappa shape index (κ3) is 1.78. The first-order valence-corrected chi connectivity index (χ1v) is 4.82. The van der Waals surface area contributed by atoms with Gasteiger partial charge in [0.05, 0.1) is 0 Å². The number of benzene rings is 1. The molecular weight excluding hydrogens is 226 g/mol. The molecule has 13 heavy (non-hydrogen) atoms. The van der Waals surface area contributed by atoms with Crippen molar-refractivity contribution >= 4 is 15.9 Å². The van der Waals surface area contributed by atoms with Crippen LogP contribution in [0, 0.1) is 0 Å². The molecule has 0 N–H and O–H groups in total. The molecule has 0 saturated carbocycles. The zero-order valence-corrected chi connectivity index (χ0v) is 8.53. The van der Waals surface area contributed by atoms with Gasteiger partial charge >= 0.3 is 0 Å². The maximum atomic E-state index is 4.08. The molecule has 1 nitrogen and oxygen atoms in total. The van der Waals surface area contributed by atoms with Crippen LogP contribution in [0.2, 0.25) is 0 Å². The van der Waals surface area contributed by atoms with Crippen molar-refractivity contribution in [3.05, 3.63) is 53.3 Å². The van der Waals surface area contributed by atoms with Crippen molar-refractivity contribution < 1.29 is 0 Å². The molecule has 1 aromatic heterocycles. The van der Waals surface area contributed by atoms with Crippen molar-refractivity contribution in [2.75, 3.05) is 0 Å². The van der Waals surface area contributed by atoms with Gasteiger partial charge in [0, 0.05) is 22.4 Å². The average Bonchev–Trinajstić information content (AvgIpc) is 2.20. The molecule has 2 heteroatoms. The minimum atomic E-state index is 1.10. The predicted octanol–water partition coefficient (Wildman–Crippen LogP) is 3.51. The Balaban J connectivity index is 2.54. The summed E-state index contributed by atoms with van der Waals surface area (Å²) in [6.07, 6.45) is 3.64. The van der Waals surface area contributed by atoms with Crippen molar-refractivity contribution in [1.29, 1.82) is 0 Å². The van der Waals surface area contributed by atoms with Gasteiger partial charge in [-0.25, -0.2) is 0 Å². The molecular formula is C11H8BrN. The third-order valence-electron chi connectivity index (χ3n) is 1.85. The van der Waals surface area contributed by atoms with Gasteiger partial charge in [0.25, 0.3) is 0 Å². The monoisotopic (exact) mass is 233 g/mol. The van der Waals surface area contributed by atoms with Crippen LogP contribution >= 0.6 is 15.9 Å². The van der Waals surface area contributed by atoms with Crippen molar-refractivity contribution in [1.82, 2.24) is 4.98 Å². The van der Waals surface area contributed by atoms with Crippen LogP contribution in [0.3, 0.4) is 0 Å². The number of rotatable bonds is 1. The summed E-state index contributed by atoms with van der Waals surface area (Å²) in [5.41, 5.74) is 2.31. The molecule has 64 valence electrons. The second-order valence-corrected chi connectivity index (χ2v) is 3.58. The summed E-state index contributed by atoms with van der Waals surface area (Å²) in [5.74, 6) is 0. The van der Waals surface area contributed by atoms with Gasteiger partial charge < -0.3 is 0 Å². The Morgan fingerprint density at radius 2 is 1.85 bits per heavy atom. The Hall–Kier alpha value is -1.15. The lowest BCUT2D eigenvalue weighted by molar-refractivity contribution is 1.33. The van der Waals surface area contributed by atoms with Gasteiger partial charge in [0.2, 0.25) is 0 Å². The van der Waals surface area contributed by atoms with E-state index < -0.39 is 0 Å². The van der Waals surface area contributed by atoms with Gasteiger partial charge in [-0.2, -0.15) is 0 Å². The normalized spacial score (nSPS) is 9.92. The van der Waals surface area contributed by atoms with Gasteiger partial charge in [0.15, 0.2) is 0 Å². The SMILES string of the molecule is Brc1ccccc1-c1cccnc1. The minimum absolute atomic E-state index is 1.10. The largest absolute Gasteiger partial charge is 0.264 e. The minimum Gasteiger partial charge on any atom is -0.264 e. The Morgan fingerprint density at radius 1 is 1.00 bits per heavy atom. The second-order valence-electron chi connectivity index (χ2n) is 2.72. The molecule has 2 aromatic rings. The van der Waals surface area contributed by atoms with Crippen molar-refractivity contribution in [3.8, 4) is 11.1 Å². The Morgan fingerprint density at radius 3 is 2.54 bits per heavy atom. The Kier molecular flexibility index (Phi) is 2.41. The van der Waals surface area contributed by atoms with Crippen LogP contribution in [-0.4, -0.2) is 4.98 Å². The predicted molar refractivity (Wildman–Crippen MR) is 57.4 cm³/mol. The first-order valence-electron chi connectivity index (χ1n) is 4.03. The van der Waals surface area contributed by atoms with E-state index in [1.54, 1.807) is 6.20 Å². The molecule has 0 aliphatic rings. The van der Waals surface area contributed by atoms with Crippen LogP contribution in [0.25, 0.3) is 11.1 Å². The second kappa shape index (κ2) is 3.71. The first-order chi connectivity index (χ1) is 6.38. The van der Waals surface area contributed by atoms with Gasteiger partial charge in [-0.1, -0.05) is 40.2 Å². The Bertz CT molecular complexity index is 398. The summed E-state index contributed by atoms with van der Waals surface area (Å²) in [5, 5.41) is 0. The summed E-state index contributed by atoms with van der Waals surface area (Å²) in [6.45, 7) is 0. The van der Waals surface area contributed by atoms with Crippen LogP contribution in [0.5, 0.6) is 0 Å². The summed E-state index contributed by atoms with van der Waals surface area (Å²) in [4.78, 5) is 4.08. The molecule has 2 rings (SSSR count). The zero-order chi connectivity index (χ0) is 9.10. The smallest absolute Gasteiger partial charge is 0.0346 e. The lowest BCUT2D eigenvalue weighted by Gasteiger charge is -2.02. The molecule has 0 unspecified atom stereocenters. The van der Waals surface area contributed by atoms with E-state index in [1.807, 2.05) is 36.5 Å². The lowest BCUT2D eigenvalue weighted by Crippen LogP contribution is -1.79. The average molecular weight is 234 g/mol. The highest BCUT2D eigenvalue weighted by molar-refractivity contribution is 9.10. The molecule has 0 fully saturated rings.